The van der Waals surface area contributed by atoms with E-state index in [-0.39, 0.29) is 11.6 Å². The number of fused-ring (bicyclic) bond motifs is 1. The normalized spacial score (nSPS) is 11.3. The van der Waals surface area contributed by atoms with Gasteiger partial charge in [-0.15, -0.1) is 0 Å². The lowest BCUT2D eigenvalue weighted by atomic mass is 10.1. The van der Waals surface area contributed by atoms with Crippen molar-refractivity contribution in [3.63, 3.8) is 0 Å². The molecule has 0 atom stereocenters. The molecule has 5 nitrogen and oxygen atoms in total. The van der Waals surface area contributed by atoms with E-state index in [1.165, 1.54) is 0 Å². The molecule has 4 rings (SSSR count). The molecule has 27 heavy (non-hydrogen) atoms. The van der Waals surface area contributed by atoms with Crippen molar-refractivity contribution in [3.05, 3.63) is 96.3 Å². The van der Waals surface area contributed by atoms with Gasteiger partial charge in [-0.3, -0.25) is 9.36 Å². The van der Waals surface area contributed by atoms with Crippen LogP contribution in [0.15, 0.2) is 90.2 Å². The molecule has 0 spiro atoms. The Morgan fingerprint density at radius 2 is 1.63 bits per heavy atom. The Bertz CT molecular complexity index is 1180. The highest BCUT2D eigenvalue weighted by Crippen LogP contribution is 2.18. The first-order valence-corrected chi connectivity index (χ1v) is 8.37. The number of ketones is 1. The van der Waals surface area contributed by atoms with Crippen LogP contribution in [0.4, 0.5) is 5.69 Å². The summed E-state index contributed by atoms with van der Waals surface area (Å²) >= 11 is 0. The second-order valence-corrected chi connectivity index (χ2v) is 5.89. The number of benzene rings is 3. The zero-order valence-corrected chi connectivity index (χ0v) is 14.3. The molecule has 0 fully saturated rings. The Morgan fingerprint density at radius 3 is 2.37 bits per heavy atom. The van der Waals surface area contributed by atoms with E-state index in [0.717, 1.165) is 11.0 Å². The van der Waals surface area contributed by atoms with Gasteiger partial charge in [-0.25, -0.2) is 9.98 Å². The number of hydrogen-bond donors (Lipinski definition) is 0. The number of hydrogen-bond acceptors (Lipinski definition) is 4. The van der Waals surface area contributed by atoms with Crippen LogP contribution in [-0.2, 0) is 0 Å². The van der Waals surface area contributed by atoms with Gasteiger partial charge in [0.1, 0.15) is 6.33 Å². The SMILES string of the molecule is N#Cc1ccc(N=C(C(=O)c2ccccc2)n2cnc3ccccc32)cc1. The van der Waals surface area contributed by atoms with E-state index >= 15 is 0 Å². The molecule has 0 bridgehead atoms. The van der Waals surface area contributed by atoms with Gasteiger partial charge in [-0.05, 0) is 36.4 Å². The number of aromatic nitrogens is 2. The van der Waals surface area contributed by atoms with Crippen LogP contribution in [0.5, 0.6) is 0 Å². The van der Waals surface area contributed by atoms with Crippen molar-refractivity contribution in [3.8, 4) is 6.07 Å². The van der Waals surface area contributed by atoms with E-state index < -0.39 is 0 Å². The number of para-hydroxylation sites is 2. The summed E-state index contributed by atoms with van der Waals surface area (Å²) in [6, 6.07) is 25.5. The number of nitrogens with zero attached hydrogens (tertiary/aromatic N) is 4. The highest BCUT2D eigenvalue weighted by Gasteiger charge is 2.18. The molecule has 0 N–H and O–H groups in total. The van der Waals surface area contributed by atoms with Crippen LogP contribution in [0.25, 0.3) is 11.0 Å². The second-order valence-electron chi connectivity index (χ2n) is 5.89. The summed E-state index contributed by atoms with van der Waals surface area (Å²) in [5, 5.41) is 8.96. The van der Waals surface area contributed by atoms with E-state index in [1.54, 1.807) is 47.3 Å². The summed E-state index contributed by atoms with van der Waals surface area (Å²) in [5.41, 5.74) is 3.26. The first kappa shape index (κ1) is 16.4. The van der Waals surface area contributed by atoms with Gasteiger partial charge in [-0.2, -0.15) is 5.26 Å². The maximum Gasteiger partial charge on any atom is 0.228 e. The molecular formula is C22H14N4O. The van der Waals surface area contributed by atoms with E-state index in [2.05, 4.69) is 16.0 Å². The van der Waals surface area contributed by atoms with Gasteiger partial charge in [0, 0.05) is 5.56 Å². The number of rotatable bonds is 3. The maximum atomic E-state index is 13.2. The Kier molecular flexibility index (Phi) is 4.30. The summed E-state index contributed by atoms with van der Waals surface area (Å²) in [4.78, 5) is 22.1. The minimum Gasteiger partial charge on any atom is -0.285 e. The molecule has 0 aliphatic heterocycles. The molecule has 0 saturated carbocycles. The number of Topliss-reactive ketones (excluding diaryl/α,β-unsaturated/α-hetero) is 1. The van der Waals surface area contributed by atoms with Crippen LogP contribution in [0.2, 0.25) is 0 Å². The monoisotopic (exact) mass is 350 g/mol. The molecule has 4 aromatic rings. The average Bonchev–Trinajstić information content (AvgIpc) is 3.16. The molecule has 1 heterocycles. The second kappa shape index (κ2) is 7.06. The maximum absolute atomic E-state index is 13.2. The number of carbonyl (C=O) groups is 1. The molecule has 0 aliphatic carbocycles. The summed E-state index contributed by atoms with van der Waals surface area (Å²) in [5.74, 6) is 0.0442. The topological polar surface area (TPSA) is 71.0 Å². The minimum atomic E-state index is -0.205. The van der Waals surface area contributed by atoms with Gasteiger partial charge < -0.3 is 0 Å². The molecule has 5 heteroatoms. The standard InChI is InChI=1S/C22H14N4O/c23-14-16-10-12-18(13-11-16)25-22(21(27)17-6-2-1-3-7-17)26-15-24-19-8-4-5-9-20(19)26/h1-13,15H. The van der Waals surface area contributed by atoms with Gasteiger partial charge in [0.2, 0.25) is 5.78 Å². The van der Waals surface area contributed by atoms with Gasteiger partial charge in [-0.1, -0.05) is 42.5 Å². The van der Waals surface area contributed by atoms with Crippen LogP contribution in [-0.4, -0.2) is 21.2 Å². The Balaban J connectivity index is 1.88. The molecule has 3 aromatic carbocycles. The van der Waals surface area contributed by atoms with Crippen LogP contribution in [0, 0.1) is 11.3 Å². The zero-order valence-electron chi connectivity index (χ0n) is 14.3. The first-order chi connectivity index (χ1) is 13.3. The quantitative estimate of drug-likeness (QED) is 0.313. The van der Waals surface area contributed by atoms with E-state index in [0.29, 0.717) is 16.8 Å². The fraction of sp³-hybridized carbons (Fsp3) is 0. The molecule has 0 radical (unpaired) electrons. The molecular weight excluding hydrogens is 336 g/mol. The van der Waals surface area contributed by atoms with Crippen molar-refractivity contribution in [1.29, 1.82) is 5.26 Å². The van der Waals surface area contributed by atoms with Gasteiger partial charge in [0.15, 0.2) is 5.84 Å². The van der Waals surface area contributed by atoms with Gasteiger partial charge in [0.25, 0.3) is 0 Å². The highest BCUT2D eigenvalue weighted by atomic mass is 16.1. The zero-order chi connectivity index (χ0) is 18.6. The van der Waals surface area contributed by atoms with Crippen molar-refractivity contribution in [2.24, 2.45) is 4.99 Å². The largest absolute Gasteiger partial charge is 0.285 e. The Hall–Kier alpha value is -4.04. The minimum absolute atomic E-state index is 0.205. The van der Waals surface area contributed by atoms with Crippen LogP contribution in [0.1, 0.15) is 15.9 Å². The third-order valence-corrected chi connectivity index (χ3v) is 4.15. The van der Waals surface area contributed by atoms with Gasteiger partial charge in [0.05, 0.1) is 28.4 Å². The lowest BCUT2D eigenvalue weighted by Crippen LogP contribution is -2.22. The lowest BCUT2D eigenvalue weighted by Gasteiger charge is -2.08. The molecule has 128 valence electrons. The van der Waals surface area contributed by atoms with Crippen LogP contribution >= 0.6 is 0 Å². The number of nitriles is 1. The molecule has 0 amide bonds. The first-order valence-electron chi connectivity index (χ1n) is 8.37. The molecule has 1 aromatic heterocycles. The van der Waals surface area contributed by atoms with Crippen molar-refractivity contribution < 1.29 is 4.79 Å². The summed E-state index contributed by atoms with van der Waals surface area (Å²) in [6.45, 7) is 0. The van der Waals surface area contributed by atoms with Crippen molar-refractivity contribution >= 4 is 28.3 Å². The smallest absolute Gasteiger partial charge is 0.228 e. The van der Waals surface area contributed by atoms with E-state index in [1.807, 2.05) is 42.5 Å². The molecule has 0 aliphatic rings. The third kappa shape index (κ3) is 3.24. The van der Waals surface area contributed by atoms with E-state index in [9.17, 15) is 4.79 Å². The van der Waals surface area contributed by atoms with Crippen molar-refractivity contribution in [1.82, 2.24) is 9.55 Å². The Morgan fingerprint density at radius 1 is 0.926 bits per heavy atom. The summed E-state index contributed by atoms with van der Waals surface area (Å²) < 4.78 is 1.70. The van der Waals surface area contributed by atoms with Crippen molar-refractivity contribution in [2.75, 3.05) is 0 Å². The third-order valence-electron chi connectivity index (χ3n) is 4.15. The number of imidazole rings is 1. The number of carbonyl (C=O) groups excluding carboxylic acids is 1. The lowest BCUT2D eigenvalue weighted by molar-refractivity contribution is 0.106. The molecule has 0 unspecified atom stereocenters. The van der Waals surface area contributed by atoms with E-state index in [4.69, 9.17) is 5.26 Å². The predicted octanol–water partition coefficient (Wildman–Crippen LogP) is 4.37. The fourth-order valence-corrected chi connectivity index (χ4v) is 2.79. The van der Waals surface area contributed by atoms with Crippen LogP contribution < -0.4 is 0 Å². The fourth-order valence-electron chi connectivity index (χ4n) is 2.79. The molecule has 0 saturated heterocycles. The number of aliphatic imine (C=N–C) groups is 1. The average molecular weight is 350 g/mol. The summed E-state index contributed by atoms with van der Waals surface area (Å²) in [7, 11) is 0. The predicted molar refractivity (Wildman–Crippen MR) is 104 cm³/mol. The van der Waals surface area contributed by atoms with Crippen molar-refractivity contribution in [2.45, 2.75) is 0 Å². The summed E-state index contributed by atoms with van der Waals surface area (Å²) in [6.07, 6.45) is 1.61. The van der Waals surface area contributed by atoms with Crippen LogP contribution in [0.3, 0.4) is 0 Å². The Labute approximate surface area is 155 Å². The van der Waals surface area contributed by atoms with Gasteiger partial charge >= 0.3 is 0 Å². The highest BCUT2D eigenvalue weighted by molar-refractivity contribution is 6.46.